The summed E-state index contributed by atoms with van der Waals surface area (Å²) in [5.74, 6) is 0. The second kappa shape index (κ2) is 2.20. The summed E-state index contributed by atoms with van der Waals surface area (Å²) in [5.41, 5.74) is 1.85. The van der Waals surface area contributed by atoms with E-state index < -0.39 is 0 Å². The number of H-pyrrole nitrogens is 1. The first-order valence-corrected chi connectivity index (χ1v) is 3.62. The topological polar surface area (TPSA) is 41.6 Å². The molecule has 0 aliphatic heterocycles. The maximum atomic E-state index is 5.64. The standard InChI is InChI=1S/C7H6ClN3/c1-4-2-5-3-6(8)10-11-7(5)9-4/h2-3H,1H3,(H,9,11). The van der Waals surface area contributed by atoms with E-state index in [1.807, 2.05) is 13.0 Å². The predicted octanol–water partition coefficient (Wildman–Crippen LogP) is 1.92. The third kappa shape index (κ3) is 1.07. The van der Waals surface area contributed by atoms with Gasteiger partial charge in [0, 0.05) is 11.1 Å². The van der Waals surface area contributed by atoms with Gasteiger partial charge in [-0.15, -0.1) is 10.2 Å². The van der Waals surface area contributed by atoms with Gasteiger partial charge in [-0.25, -0.2) is 0 Å². The van der Waals surface area contributed by atoms with E-state index in [0.717, 1.165) is 16.7 Å². The molecule has 0 radical (unpaired) electrons. The van der Waals surface area contributed by atoms with Crippen molar-refractivity contribution in [3.8, 4) is 0 Å². The van der Waals surface area contributed by atoms with E-state index in [4.69, 9.17) is 11.6 Å². The van der Waals surface area contributed by atoms with Crippen LogP contribution in [-0.2, 0) is 0 Å². The van der Waals surface area contributed by atoms with E-state index in [2.05, 4.69) is 15.2 Å². The molecule has 2 aromatic heterocycles. The minimum Gasteiger partial charge on any atom is -0.342 e. The number of aromatic amines is 1. The van der Waals surface area contributed by atoms with Gasteiger partial charge in [0.15, 0.2) is 10.8 Å². The Morgan fingerprint density at radius 3 is 3.00 bits per heavy atom. The lowest BCUT2D eigenvalue weighted by Crippen LogP contribution is -1.81. The molecule has 0 bridgehead atoms. The molecule has 2 rings (SSSR count). The molecule has 56 valence electrons. The smallest absolute Gasteiger partial charge is 0.160 e. The molecule has 0 unspecified atom stereocenters. The Balaban J connectivity index is 2.82. The third-order valence-electron chi connectivity index (χ3n) is 1.48. The number of aryl methyl sites for hydroxylation is 1. The highest BCUT2D eigenvalue weighted by molar-refractivity contribution is 6.29. The minimum absolute atomic E-state index is 0.427. The normalized spacial score (nSPS) is 10.7. The molecule has 4 heteroatoms. The van der Waals surface area contributed by atoms with Gasteiger partial charge in [0.05, 0.1) is 0 Å². The molecule has 11 heavy (non-hydrogen) atoms. The average Bonchev–Trinajstić information content (AvgIpc) is 2.27. The van der Waals surface area contributed by atoms with Gasteiger partial charge in [0.25, 0.3) is 0 Å². The second-order valence-electron chi connectivity index (χ2n) is 2.42. The number of halogens is 1. The summed E-state index contributed by atoms with van der Waals surface area (Å²) < 4.78 is 0. The Bertz CT molecular complexity index is 393. The van der Waals surface area contributed by atoms with Crippen LogP contribution in [0.15, 0.2) is 12.1 Å². The number of nitrogens with one attached hydrogen (secondary N) is 1. The molecule has 2 heterocycles. The van der Waals surface area contributed by atoms with E-state index in [1.165, 1.54) is 0 Å². The number of aromatic nitrogens is 3. The summed E-state index contributed by atoms with van der Waals surface area (Å²) in [5, 5.41) is 9.00. The number of fused-ring (bicyclic) bond motifs is 1. The largest absolute Gasteiger partial charge is 0.342 e. The van der Waals surface area contributed by atoms with Gasteiger partial charge in [-0.05, 0) is 19.1 Å². The van der Waals surface area contributed by atoms with Crippen molar-refractivity contribution in [1.29, 1.82) is 0 Å². The van der Waals surface area contributed by atoms with Crippen LogP contribution in [-0.4, -0.2) is 15.2 Å². The zero-order valence-corrected chi connectivity index (χ0v) is 6.68. The van der Waals surface area contributed by atoms with Crippen molar-refractivity contribution in [2.45, 2.75) is 6.92 Å². The number of hydrogen-bond donors (Lipinski definition) is 1. The molecular weight excluding hydrogens is 162 g/mol. The zero-order chi connectivity index (χ0) is 7.84. The van der Waals surface area contributed by atoms with E-state index in [-0.39, 0.29) is 0 Å². The fraction of sp³-hybridized carbons (Fsp3) is 0.143. The van der Waals surface area contributed by atoms with E-state index in [0.29, 0.717) is 5.15 Å². The number of nitrogens with zero attached hydrogens (tertiary/aromatic N) is 2. The Hall–Kier alpha value is -1.09. The molecule has 0 atom stereocenters. The Morgan fingerprint density at radius 1 is 1.36 bits per heavy atom. The van der Waals surface area contributed by atoms with Gasteiger partial charge in [-0.2, -0.15) is 0 Å². The Labute approximate surface area is 68.4 Å². The maximum absolute atomic E-state index is 5.64. The summed E-state index contributed by atoms with van der Waals surface area (Å²) >= 11 is 5.64. The van der Waals surface area contributed by atoms with Gasteiger partial charge < -0.3 is 4.98 Å². The molecule has 1 N–H and O–H groups in total. The summed E-state index contributed by atoms with van der Waals surface area (Å²) in [4.78, 5) is 3.05. The fourth-order valence-electron chi connectivity index (χ4n) is 1.04. The van der Waals surface area contributed by atoms with Crippen molar-refractivity contribution < 1.29 is 0 Å². The first kappa shape index (κ1) is 6.61. The quantitative estimate of drug-likeness (QED) is 0.652. The maximum Gasteiger partial charge on any atom is 0.160 e. The molecule has 0 aliphatic rings. The van der Waals surface area contributed by atoms with Crippen LogP contribution in [0.25, 0.3) is 11.0 Å². The molecule has 0 aliphatic carbocycles. The first-order valence-electron chi connectivity index (χ1n) is 3.24. The second-order valence-corrected chi connectivity index (χ2v) is 2.81. The lowest BCUT2D eigenvalue weighted by molar-refractivity contribution is 1.05. The Kier molecular flexibility index (Phi) is 1.32. The van der Waals surface area contributed by atoms with Crippen molar-refractivity contribution >= 4 is 22.6 Å². The number of hydrogen-bond acceptors (Lipinski definition) is 2. The van der Waals surface area contributed by atoms with Crippen LogP contribution >= 0.6 is 11.6 Å². The molecule has 0 saturated heterocycles. The van der Waals surface area contributed by atoms with Gasteiger partial charge in [0.2, 0.25) is 0 Å². The van der Waals surface area contributed by atoms with Crippen LogP contribution in [0.2, 0.25) is 5.15 Å². The third-order valence-corrected chi connectivity index (χ3v) is 1.67. The van der Waals surface area contributed by atoms with E-state index in [9.17, 15) is 0 Å². The van der Waals surface area contributed by atoms with E-state index in [1.54, 1.807) is 6.07 Å². The monoisotopic (exact) mass is 167 g/mol. The van der Waals surface area contributed by atoms with Gasteiger partial charge in [0.1, 0.15) is 0 Å². The minimum atomic E-state index is 0.427. The molecule has 0 spiro atoms. The van der Waals surface area contributed by atoms with Crippen molar-refractivity contribution in [1.82, 2.24) is 15.2 Å². The highest BCUT2D eigenvalue weighted by Crippen LogP contribution is 2.14. The van der Waals surface area contributed by atoms with Gasteiger partial charge in [-0.1, -0.05) is 11.6 Å². The summed E-state index contributed by atoms with van der Waals surface area (Å²) in [7, 11) is 0. The van der Waals surface area contributed by atoms with Gasteiger partial charge >= 0.3 is 0 Å². The van der Waals surface area contributed by atoms with Crippen molar-refractivity contribution in [3.63, 3.8) is 0 Å². The highest BCUT2D eigenvalue weighted by Gasteiger charge is 1.99. The summed E-state index contributed by atoms with van der Waals surface area (Å²) in [6, 6.07) is 3.77. The molecule has 0 amide bonds. The molecule has 0 saturated carbocycles. The summed E-state index contributed by atoms with van der Waals surface area (Å²) in [6.45, 7) is 1.97. The van der Waals surface area contributed by atoms with Crippen molar-refractivity contribution in [3.05, 3.63) is 23.0 Å². The fourth-order valence-corrected chi connectivity index (χ4v) is 1.20. The first-order chi connectivity index (χ1) is 5.25. The highest BCUT2D eigenvalue weighted by atomic mass is 35.5. The van der Waals surface area contributed by atoms with Crippen LogP contribution in [0.3, 0.4) is 0 Å². The lowest BCUT2D eigenvalue weighted by atomic mass is 10.3. The van der Waals surface area contributed by atoms with Crippen LogP contribution in [0, 0.1) is 6.92 Å². The van der Waals surface area contributed by atoms with Gasteiger partial charge in [-0.3, -0.25) is 0 Å². The lowest BCUT2D eigenvalue weighted by Gasteiger charge is -1.86. The SMILES string of the molecule is Cc1cc2cc(Cl)nnc2[nH]1. The molecule has 2 aromatic rings. The van der Waals surface area contributed by atoms with E-state index >= 15 is 0 Å². The van der Waals surface area contributed by atoms with Crippen LogP contribution in [0.1, 0.15) is 5.69 Å². The van der Waals surface area contributed by atoms with Crippen LogP contribution in [0.5, 0.6) is 0 Å². The van der Waals surface area contributed by atoms with Crippen molar-refractivity contribution in [2.24, 2.45) is 0 Å². The molecule has 0 fully saturated rings. The van der Waals surface area contributed by atoms with Crippen molar-refractivity contribution in [2.75, 3.05) is 0 Å². The Morgan fingerprint density at radius 2 is 2.18 bits per heavy atom. The van der Waals surface area contributed by atoms with Crippen LogP contribution in [0.4, 0.5) is 0 Å². The van der Waals surface area contributed by atoms with Crippen LogP contribution < -0.4 is 0 Å². The summed E-state index contributed by atoms with van der Waals surface area (Å²) in [6.07, 6.45) is 0. The molecule has 0 aromatic carbocycles. The number of rotatable bonds is 0. The average molecular weight is 168 g/mol. The predicted molar refractivity (Wildman–Crippen MR) is 43.6 cm³/mol. The molecule has 3 nitrogen and oxygen atoms in total. The molecular formula is C7H6ClN3. The zero-order valence-electron chi connectivity index (χ0n) is 5.93.